The van der Waals surface area contributed by atoms with Gasteiger partial charge in [-0.3, -0.25) is 9.89 Å². The standard InChI is InChI=1S/C8H8N4O/c9-8(13)12-4-3-11-2-1-10-5-7(11)6-12/h1-6H,(H2,9,13). The molecule has 13 heavy (non-hydrogen) atoms. The highest BCUT2D eigenvalue weighted by Crippen LogP contribution is 2.14. The Labute approximate surface area is 75.1 Å². The van der Waals surface area contributed by atoms with E-state index in [0.717, 1.165) is 5.70 Å². The van der Waals surface area contributed by atoms with Crippen molar-refractivity contribution >= 4 is 12.2 Å². The van der Waals surface area contributed by atoms with Crippen molar-refractivity contribution in [1.29, 1.82) is 0 Å². The molecule has 0 saturated heterocycles. The average molecular weight is 176 g/mol. The first-order valence-electron chi connectivity index (χ1n) is 3.73. The minimum absolute atomic E-state index is 0.508. The number of aliphatic imine (C=N–C) groups is 1. The summed E-state index contributed by atoms with van der Waals surface area (Å²) in [6.07, 6.45) is 10.1. The van der Waals surface area contributed by atoms with Gasteiger partial charge in [0.25, 0.3) is 0 Å². The van der Waals surface area contributed by atoms with Crippen molar-refractivity contribution in [3.8, 4) is 0 Å². The number of nitrogens with two attached hydrogens (primary N) is 1. The number of amides is 2. The third-order valence-corrected chi connectivity index (χ3v) is 1.73. The first-order valence-corrected chi connectivity index (χ1v) is 3.73. The number of hydrogen-bond donors (Lipinski definition) is 1. The van der Waals surface area contributed by atoms with Crippen molar-refractivity contribution < 1.29 is 4.79 Å². The first kappa shape index (κ1) is 7.60. The van der Waals surface area contributed by atoms with E-state index in [2.05, 4.69) is 4.99 Å². The lowest BCUT2D eigenvalue weighted by molar-refractivity contribution is 0.234. The van der Waals surface area contributed by atoms with Crippen LogP contribution in [0.2, 0.25) is 0 Å². The summed E-state index contributed by atoms with van der Waals surface area (Å²) in [4.78, 5) is 17.9. The van der Waals surface area contributed by atoms with Gasteiger partial charge in [0.15, 0.2) is 0 Å². The fourth-order valence-electron chi connectivity index (χ4n) is 1.08. The van der Waals surface area contributed by atoms with Gasteiger partial charge in [-0.1, -0.05) is 0 Å². The number of carbonyl (C=O) groups is 1. The Bertz CT molecular complexity index is 353. The van der Waals surface area contributed by atoms with Gasteiger partial charge >= 0.3 is 6.03 Å². The quantitative estimate of drug-likeness (QED) is 0.585. The van der Waals surface area contributed by atoms with Crippen LogP contribution < -0.4 is 5.73 Å². The predicted molar refractivity (Wildman–Crippen MR) is 48.1 cm³/mol. The van der Waals surface area contributed by atoms with Crippen LogP contribution >= 0.6 is 0 Å². The van der Waals surface area contributed by atoms with Crippen LogP contribution in [-0.2, 0) is 0 Å². The Kier molecular flexibility index (Phi) is 1.63. The number of primary amides is 1. The molecule has 0 bridgehead atoms. The van der Waals surface area contributed by atoms with Crippen molar-refractivity contribution in [3.05, 3.63) is 36.7 Å². The van der Waals surface area contributed by atoms with Crippen LogP contribution in [0.5, 0.6) is 0 Å². The van der Waals surface area contributed by atoms with Crippen molar-refractivity contribution in [2.24, 2.45) is 10.7 Å². The van der Waals surface area contributed by atoms with Gasteiger partial charge in [-0.25, -0.2) is 4.79 Å². The maximum absolute atomic E-state index is 10.8. The van der Waals surface area contributed by atoms with Gasteiger partial charge in [0.2, 0.25) is 0 Å². The van der Waals surface area contributed by atoms with Crippen LogP contribution in [0.25, 0.3) is 0 Å². The summed E-state index contributed by atoms with van der Waals surface area (Å²) < 4.78 is 0. The van der Waals surface area contributed by atoms with E-state index in [1.807, 2.05) is 4.90 Å². The first-order chi connectivity index (χ1) is 6.27. The summed E-state index contributed by atoms with van der Waals surface area (Å²) in [5.74, 6) is 0. The monoisotopic (exact) mass is 176 g/mol. The van der Waals surface area contributed by atoms with Gasteiger partial charge in [0.05, 0.1) is 11.9 Å². The maximum Gasteiger partial charge on any atom is 0.323 e. The second-order valence-corrected chi connectivity index (χ2v) is 2.58. The summed E-state index contributed by atoms with van der Waals surface area (Å²) in [5.41, 5.74) is 5.91. The summed E-state index contributed by atoms with van der Waals surface area (Å²) >= 11 is 0. The Morgan fingerprint density at radius 3 is 3.00 bits per heavy atom. The zero-order valence-corrected chi connectivity index (χ0v) is 6.79. The summed E-state index contributed by atoms with van der Waals surface area (Å²) in [7, 11) is 0. The van der Waals surface area contributed by atoms with Crippen LogP contribution in [0.15, 0.2) is 41.7 Å². The highest BCUT2D eigenvalue weighted by atomic mass is 16.2. The normalized spacial score (nSPS) is 18.6. The van der Waals surface area contributed by atoms with Gasteiger partial charge in [-0.15, -0.1) is 0 Å². The van der Waals surface area contributed by atoms with E-state index in [9.17, 15) is 4.79 Å². The molecule has 5 nitrogen and oxygen atoms in total. The number of carbonyl (C=O) groups excluding carboxylic acids is 1. The third-order valence-electron chi connectivity index (χ3n) is 1.73. The molecule has 2 heterocycles. The smallest absolute Gasteiger partial charge is 0.323 e. The van der Waals surface area contributed by atoms with E-state index in [-0.39, 0.29) is 0 Å². The lowest BCUT2D eigenvalue weighted by Crippen LogP contribution is -2.31. The Morgan fingerprint density at radius 2 is 2.23 bits per heavy atom. The highest BCUT2D eigenvalue weighted by molar-refractivity contribution is 5.83. The van der Waals surface area contributed by atoms with Crippen LogP contribution in [0.1, 0.15) is 0 Å². The molecule has 2 amide bonds. The SMILES string of the molecule is NC(=O)N1C=CN2C=CN=CC2=C1. The summed E-state index contributed by atoms with van der Waals surface area (Å²) in [5, 5.41) is 0. The van der Waals surface area contributed by atoms with Crippen molar-refractivity contribution in [2.45, 2.75) is 0 Å². The van der Waals surface area contributed by atoms with Crippen LogP contribution in [0.4, 0.5) is 4.79 Å². The molecule has 0 aromatic carbocycles. The molecule has 0 aliphatic carbocycles. The molecule has 5 heteroatoms. The van der Waals surface area contributed by atoms with Crippen LogP contribution in [-0.4, -0.2) is 22.0 Å². The minimum Gasteiger partial charge on any atom is -0.351 e. The number of hydrogen-bond acceptors (Lipinski definition) is 3. The van der Waals surface area contributed by atoms with Gasteiger partial charge in [-0.2, -0.15) is 0 Å². The van der Waals surface area contributed by atoms with E-state index in [4.69, 9.17) is 5.73 Å². The number of nitrogens with zero attached hydrogens (tertiary/aromatic N) is 3. The third kappa shape index (κ3) is 1.31. The topological polar surface area (TPSA) is 61.9 Å². The Balaban J connectivity index is 2.27. The molecule has 2 rings (SSSR count). The molecule has 0 radical (unpaired) electrons. The number of allylic oxidation sites excluding steroid dienone is 1. The van der Waals surface area contributed by atoms with E-state index in [1.165, 1.54) is 4.90 Å². The average Bonchev–Trinajstić information content (AvgIpc) is 2.17. The van der Waals surface area contributed by atoms with E-state index in [0.29, 0.717) is 0 Å². The van der Waals surface area contributed by atoms with E-state index in [1.54, 1.807) is 37.2 Å². The second-order valence-electron chi connectivity index (χ2n) is 2.58. The predicted octanol–water partition coefficient (Wildman–Crippen LogP) is 0.551. The Hall–Kier alpha value is -2.04. The zero-order chi connectivity index (χ0) is 9.26. The molecular weight excluding hydrogens is 168 g/mol. The van der Waals surface area contributed by atoms with E-state index < -0.39 is 6.03 Å². The minimum atomic E-state index is -0.508. The molecular formula is C8H8N4O. The van der Waals surface area contributed by atoms with Gasteiger partial charge in [0, 0.05) is 31.0 Å². The summed E-state index contributed by atoms with van der Waals surface area (Å²) in [6.45, 7) is 0. The van der Waals surface area contributed by atoms with Crippen molar-refractivity contribution in [3.63, 3.8) is 0 Å². The molecule has 0 spiro atoms. The number of fused-ring (bicyclic) bond motifs is 1. The molecule has 0 fully saturated rings. The van der Waals surface area contributed by atoms with Gasteiger partial charge in [0.1, 0.15) is 0 Å². The molecule has 0 saturated carbocycles. The Morgan fingerprint density at radius 1 is 1.38 bits per heavy atom. The van der Waals surface area contributed by atoms with Gasteiger partial charge < -0.3 is 10.6 Å². The maximum atomic E-state index is 10.8. The molecule has 2 aliphatic heterocycles. The molecule has 66 valence electrons. The van der Waals surface area contributed by atoms with Crippen LogP contribution in [0.3, 0.4) is 0 Å². The lowest BCUT2D eigenvalue weighted by atomic mass is 10.3. The van der Waals surface area contributed by atoms with Gasteiger partial charge in [-0.05, 0) is 0 Å². The fraction of sp³-hybridized carbons (Fsp3) is 0. The second kappa shape index (κ2) is 2.78. The number of urea groups is 1. The molecule has 2 aliphatic rings. The lowest BCUT2D eigenvalue weighted by Gasteiger charge is -2.25. The summed E-state index contributed by atoms with van der Waals surface area (Å²) in [6, 6.07) is -0.508. The zero-order valence-electron chi connectivity index (χ0n) is 6.79. The van der Waals surface area contributed by atoms with Crippen molar-refractivity contribution in [1.82, 2.24) is 9.80 Å². The molecule has 0 atom stereocenters. The van der Waals surface area contributed by atoms with E-state index >= 15 is 0 Å². The highest BCUT2D eigenvalue weighted by Gasteiger charge is 2.13. The molecule has 0 aromatic heterocycles. The fourth-order valence-corrected chi connectivity index (χ4v) is 1.08. The molecule has 0 unspecified atom stereocenters. The molecule has 2 N–H and O–H groups in total. The largest absolute Gasteiger partial charge is 0.351 e. The molecule has 0 aromatic rings. The van der Waals surface area contributed by atoms with Crippen molar-refractivity contribution in [2.75, 3.05) is 0 Å². The number of rotatable bonds is 0. The van der Waals surface area contributed by atoms with Crippen LogP contribution in [0, 0.1) is 0 Å².